The highest BCUT2D eigenvalue weighted by atomic mass is 35.5. The molecule has 1 heterocycles. The lowest BCUT2D eigenvalue weighted by Crippen LogP contribution is -2.14. The summed E-state index contributed by atoms with van der Waals surface area (Å²) in [5, 5.41) is 13.9. The number of rotatable bonds is 3. The highest BCUT2D eigenvalue weighted by molar-refractivity contribution is 6.30. The van der Waals surface area contributed by atoms with E-state index in [4.69, 9.17) is 11.6 Å². The molecular formula is C12H8ClN3O3. The lowest BCUT2D eigenvalue weighted by molar-refractivity contribution is -0.375. The normalized spacial score (nSPS) is 9.95. The van der Waals surface area contributed by atoms with E-state index in [1.54, 1.807) is 24.3 Å². The van der Waals surface area contributed by atoms with Gasteiger partial charge in [0.25, 0.3) is 0 Å². The van der Waals surface area contributed by atoms with Crippen molar-refractivity contribution in [1.29, 1.82) is 0 Å². The van der Waals surface area contributed by atoms with Crippen LogP contribution in [0.2, 0.25) is 5.02 Å². The first-order valence-corrected chi connectivity index (χ1v) is 5.62. The first-order valence-electron chi connectivity index (χ1n) is 5.24. The van der Waals surface area contributed by atoms with Gasteiger partial charge in [0.1, 0.15) is 16.3 Å². The van der Waals surface area contributed by atoms with Gasteiger partial charge in [-0.25, -0.2) is 9.78 Å². The average Bonchev–Trinajstić information content (AvgIpc) is 2.41. The minimum atomic E-state index is -1.20. The lowest BCUT2D eigenvalue weighted by atomic mass is 10.2. The number of nitro groups is 1. The maximum atomic E-state index is 11.4. The molecule has 0 atom stereocenters. The number of anilines is 2. The van der Waals surface area contributed by atoms with Crippen molar-refractivity contribution in [1.82, 2.24) is 4.98 Å². The summed E-state index contributed by atoms with van der Waals surface area (Å²) in [6.07, 6.45) is 1.44. The average molecular weight is 278 g/mol. The molecule has 19 heavy (non-hydrogen) atoms. The van der Waals surface area contributed by atoms with E-state index >= 15 is 0 Å². The Balaban J connectivity index is 2.32. The summed E-state index contributed by atoms with van der Waals surface area (Å²) in [6, 6.07) is 9.47. The number of aromatic nitrogens is 1. The first-order chi connectivity index (χ1) is 9.08. The fraction of sp³-hybridized carbons (Fsp3) is 0. The minimum absolute atomic E-state index is 0.0950. The molecule has 96 valence electrons. The number of nitrogens with one attached hydrogen (secondary N) is 1. The number of halogens is 1. The van der Waals surface area contributed by atoms with E-state index in [1.807, 2.05) is 0 Å². The predicted molar refractivity (Wildman–Crippen MR) is 70.3 cm³/mol. The van der Waals surface area contributed by atoms with E-state index in [0.717, 1.165) is 0 Å². The second kappa shape index (κ2) is 5.45. The van der Waals surface area contributed by atoms with Crippen molar-refractivity contribution in [2.45, 2.75) is 0 Å². The molecule has 1 N–H and O–H groups in total. The standard InChI is InChI=1S/C12H8ClN3O3/c13-8-3-5-9(6-4-8)15-11-10(2-1-7-14-11)12(17)16(18)19/h1-7H,(H,14,15). The van der Waals surface area contributed by atoms with E-state index < -0.39 is 10.8 Å². The van der Waals surface area contributed by atoms with Crippen LogP contribution in [0.25, 0.3) is 0 Å². The van der Waals surface area contributed by atoms with Gasteiger partial charge in [-0.05, 0) is 36.4 Å². The van der Waals surface area contributed by atoms with Gasteiger partial charge in [-0.15, -0.1) is 0 Å². The van der Waals surface area contributed by atoms with Crippen LogP contribution >= 0.6 is 11.6 Å². The lowest BCUT2D eigenvalue weighted by Gasteiger charge is -2.07. The molecule has 0 aliphatic heterocycles. The summed E-state index contributed by atoms with van der Waals surface area (Å²) >= 11 is 5.75. The van der Waals surface area contributed by atoms with Crippen molar-refractivity contribution in [2.24, 2.45) is 0 Å². The molecule has 0 spiro atoms. The predicted octanol–water partition coefficient (Wildman–Crippen LogP) is 2.90. The summed E-state index contributed by atoms with van der Waals surface area (Å²) in [6.45, 7) is 0. The Morgan fingerprint density at radius 3 is 2.58 bits per heavy atom. The Morgan fingerprint density at radius 2 is 1.95 bits per heavy atom. The molecule has 2 aromatic rings. The fourth-order valence-corrected chi connectivity index (χ4v) is 1.57. The highest BCUT2D eigenvalue weighted by Crippen LogP contribution is 2.20. The van der Waals surface area contributed by atoms with Crippen molar-refractivity contribution < 1.29 is 9.72 Å². The van der Waals surface area contributed by atoms with Crippen molar-refractivity contribution in [3.63, 3.8) is 0 Å². The summed E-state index contributed by atoms with van der Waals surface area (Å²) in [7, 11) is 0. The van der Waals surface area contributed by atoms with Crippen molar-refractivity contribution >= 4 is 29.0 Å². The molecule has 1 aromatic heterocycles. The van der Waals surface area contributed by atoms with Gasteiger partial charge >= 0.3 is 5.91 Å². The summed E-state index contributed by atoms with van der Waals surface area (Å²) in [5.41, 5.74) is 0.531. The van der Waals surface area contributed by atoms with E-state index in [2.05, 4.69) is 10.3 Å². The number of benzene rings is 1. The SMILES string of the molecule is O=C(c1cccnc1Nc1ccc(Cl)cc1)[N+](=O)[O-]. The molecule has 0 unspecified atom stereocenters. The zero-order chi connectivity index (χ0) is 13.8. The maximum Gasteiger partial charge on any atom is 0.480 e. The van der Waals surface area contributed by atoms with Crippen LogP contribution in [0.5, 0.6) is 0 Å². The Labute approximate surface area is 113 Å². The van der Waals surface area contributed by atoms with Crippen LogP contribution in [0.1, 0.15) is 10.4 Å². The number of hydrogen-bond donors (Lipinski definition) is 1. The van der Waals surface area contributed by atoms with Gasteiger partial charge < -0.3 is 5.32 Å². The second-order valence-corrected chi connectivity index (χ2v) is 4.03. The maximum absolute atomic E-state index is 11.4. The van der Waals surface area contributed by atoms with Crippen LogP contribution in [-0.2, 0) is 0 Å². The molecule has 0 aliphatic carbocycles. The second-order valence-electron chi connectivity index (χ2n) is 3.59. The Kier molecular flexibility index (Phi) is 3.72. The fourth-order valence-electron chi connectivity index (χ4n) is 1.45. The number of pyridine rings is 1. The topological polar surface area (TPSA) is 85.1 Å². The van der Waals surface area contributed by atoms with Crippen molar-refractivity contribution in [3.8, 4) is 0 Å². The van der Waals surface area contributed by atoms with Gasteiger partial charge in [0.2, 0.25) is 0 Å². The molecule has 2 rings (SSSR count). The van der Waals surface area contributed by atoms with Crippen LogP contribution in [0.3, 0.4) is 0 Å². The Hall–Kier alpha value is -2.47. The molecule has 7 heteroatoms. The minimum Gasteiger partial charge on any atom is -0.339 e. The summed E-state index contributed by atoms with van der Waals surface area (Å²) < 4.78 is 0. The number of carbonyl (C=O) groups excluding carboxylic acids is 1. The number of amides is 1. The number of nitrogens with zero attached hydrogens (tertiary/aromatic N) is 2. The van der Waals surface area contributed by atoms with Crippen LogP contribution < -0.4 is 5.32 Å². The van der Waals surface area contributed by atoms with Gasteiger partial charge in [-0.3, -0.25) is 10.1 Å². The van der Waals surface area contributed by atoms with Gasteiger partial charge in [0, 0.05) is 16.9 Å². The molecule has 0 saturated carbocycles. The summed E-state index contributed by atoms with van der Waals surface area (Å²) in [5.74, 6) is -1.07. The Bertz CT molecular complexity index is 628. The monoisotopic (exact) mass is 277 g/mol. The molecule has 0 saturated heterocycles. The van der Waals surface area contributed by atoms with E-state index in [0.29, 0.717) is 10.7 Å². The molecule has 0 bridgehead atoms. The van der Waals surface area contributed by atoms with Crippen LogP contribution in [-0.4, -0.2) is 15.8 Å². The van der Waals surface area contributed by atoms with Crippen LogP contribution in [0.15, 0.2) is 42.6 Å². The van der Waals surface area contributed by atoms with Gasteiger partial charge in [0.05, 0.1) is 0 Å². The van der Waals surface area contributed by atoms with E-state index in [1.165, 1.54) is 18.3 Å². The van der Waals surface area contributed by atoms with Crippen molar-refractivity contribution in [3.05, 3.63) is 63.3 Å². The molecular weight excluding hydrogens is 270 g/mol. The Morgan fingerprint density at radius 1 is 1.26 bits per heavy atom. The van der Waals surface area contributed by atoms with Gasteiger partial charge in [-0.2, -0.15) is 0 Å². The van der Waals surface area contributed by atoms with Crippen LogP contribution in [0.4, 0.5) is 11.5 Å². The molecule has 0 fully saturated rings. The quantitative estimate of drug-likeness (QED) is 0.689. The smallest absolute Gasteiger partial charge is 0.339 e. The molecule has 0 aliphatic rings. The van der Waals surface area contributed by atoms with E-state index in [9.17, 15) is 14.9 Å². The molecule has 6 nitrogen and oxygen atoms in total. The zero-order valence-electron chi connectivity index (χ0n) is 9.54. The highest BCUT2D eigenvalue weighted by Gasteiger charge is 2.23. The third-order valence-electron chi connectivity index (χ3n) is 2.31. The van der Waals surface area contributed by atoms with Crippen LogP contribution in [0, 0.1) is 10.1 Å². The number of carbonyl (C=O) groups is 1. The number of hydrogen-bond acceptors (Lipinski definition) is 5. The molecule has 0 radical (unpaired) electrons. The summed E-state index contributed by atoms with van der Waals surface area (Å²) in [4.78, 5) is 24.9. The largest absolute Gasteiger partial charge is 0.480 e. The van der Waals surface area contributed by atoms with Crippen molar-refractivity contribution in [2.75, 3.05) is 5.32 Å². The first kappa shape index (κ1) is 13.0. The van der Waals surface area contributed by atoms with E-state index in [-0.39, 0.29) is 11.4 Å². The molecule has 1 amide bonds. The molecule has 1 aromatic carbocycles. The van der Waals surface area contributed by atoms with Gasteiger partial charge in [-0.1, -0.05) is 11.6 Å². The third kappa shape index (κ3) is 3.05. The third-order valence-corrected chi connectivity index (χ3v) is 2.56. The zero-order valence-corrected chi connectivity index (χ0v) is 10.3. The van der Waals surface area contributed by atoms with Gasteiger partial charge in [0.15, 0.2) is 0 Å².